The SMILES string of the molecule is C/C(=N\NC(=O)COc1ccc(-c2ccc(C#N)cc2)cc1)c1csc(N)n1. The number of thiazole rings is 1. The molecule has 0 aliphatic rings. The summed E-state index contributed by atoms with van der Waals surface area (Å²) in [4.78, 5) is 16.0. The highest BCUT2D eigenvalue weighted by molar-refractivity contribution is 7.13. The fourth-order valence-electron chi connectivity index (χ4n) is 2.32. The molecule has 0 unspecified atom stereocenters. The molecule has 3 rings (SSSR count). The van der Waals surface area contributed by atoms with Gasteiger partial charge in [-0.05, 0) is 42.3 Å². The quantitative estimate of drug-likeness (QED) is 0.495. The number of anilines is 1. The molecule has 0 saturated carbocycles. The third-order valence-electron chi connectivity index (χ3n) is 3.81. The summed E-state index contributed by atoms with van der Waals surface area (Å²) in [7, 11) is 0. The molecule has 0 radical (unpaired) electrons. The second kappa shape index (κ2) is 8.79. The van der Waals surface area contributed by atoms with Gasteiger partial charge in [0.15, 0.2) is 11.7 Å². The van der Waals surface area contributed by atoms with Gasteiger partial charge >= 0.3 is 0 Å². The standard InChI is InChI=1S/C20H17N5O2S/c1-13(18-12-28-20(22)23-18)24-25-19(26)11-27-17-8-6-16(7-9-17)15-4-2-14(10-21)3-5-15/h2-9,12H,11H2,1H3,(H2,22,23)(H,25,26)/b24-13+. The predicted molar refractivity (Wildman–Crippen MR) is 109 cm³/mol. The third-order valence-corrected chi connectivity index (χ3v) is 4.49. The van der Waals surface area contributed by atoms with Gasteiger partial charge in [-0.1, -0.05) is 24.3 Å². The normalized spacial score (nSPS) is 10.9. The van der Waals surface area contributed by atoms with Gasteiger partial charge < -0.3 is 10.5 Å². The van der Waals surface area contributed by atoms with E-state index < -0.39 is 0 Å². The van der Waals surface area contributed by atoms with Crippen LogP contribution < -0.4 is 15.9 Å². The van der Waals surface area contributed by atoms with Gasteiger partial charge in [0.2, 0.25) is 0 Å². The summed E-state index contributed by atoms with van der Waals surface area (Å²) < 4.78 is 5.48. The number of ether oxygens (including phenoxy) is 1. The summed E-state index contributed by atoms with van der Waals surface area (Å²) >= 11 is 1.31. The van der Waals surface area contributed by atoms with Crippen LogP contribution in [0.1, 0.15) is 18.2 Å². The molecule has 0 aliphatic carbocycles. The number of rotatable bonds is 6. The van der Waals surface area contributed by atoms with Gasteiger partial charge in [-0.2, -0.15) is 10.4 Å². The molecule has 3 N–H and O–H groups in total. The number of hydrogen-bond donors (Lipinski definition) is 2. The van der Waals surface area contributed by atoms with E-state index in [2.05, 4.69) is 21.6 Å². The van der Waals surface area contributed by atoms with Crippen molar-refractivity contribution in [3.8, 4) is 22.9 Å². The number of hydrogen-bond acceptors (Lipinski definition) is 7. The van der Waals surface area contributed by atoms with Crippen molar-refractivity contribution < 1.29 is 9.53 Å². The lowest BCUT2D eigenvalue weighted by atomic mass is 10.0. The van der Waals surface area contributed by atoms with E-state index in [0.717, 1.165) is 11.1 Å². The van der Waals surface area contributed by atoms with E-state index in [4.69, 9.17) is 15.7 Å². The van der Waals surface area contributed by atoms with Crippen LogP contribution in [0.4, 0.5) is 5.13 Å². The van der Waals surface area contributed by atoms with Crippen molar-refractivity contribution in [1.29, 1.82) is 5.26 Å². The number of carbonyl (C=O) groups excluding carboxylic acids is 1. The maximum Gasteiger partial charge on any atom is 0.277 e. The highest BCUT2D eigenvalue weighted by Crippen LogP contribution is 2.22. The molecule has 0 aliphatic heterocycles. The Labute approximate surface area is 166 Å². The van der Waals surface area contributed by atoms with Crippen LogP contribution in [0.15, 0.2) is 59.0 Å². The maximum atomic E-state index is 11.9. The first-order valence-corrected chi connectivity index (χ1v) is 9.21. The number of nitrogens with two attached hydrogens (primary N) is 1. The summed E-state index contributed by atoms with van der Waals surface area (Å²) in [6, 6.07) is 16.8. The molecule has 2 aromatic carbocycles. The van der Waals surface area contributed by atoms with Crippen molar-refractivity contribution >= 4 is 28.1 Å². The molecule has 0 bridgehead atoms. The maximum absolute atomic E-state index is 11.9. The van der Waals surface area contributed by atoms with Crippen molar-refractivity contribution in [2.45, 2.75) is 6.92 Å². The van der Waals surface area contributed by atoms with Crippen molar-refractivity contribution in [2.24, 2.45) is 5.10 Å². The van der Waals surface area contributed by atoms with E-state index in [1.807, 2.05) is 24.3 Å². The average molecular weight is 391 g/mol. The zero-order valence-corrected chi connectivity index (χ0v) is 15.9. The summed E-state index contributed by atoms with van der Waals surface area (Å²) in [6.07, 6.45) is 0. The van der Waals surface area contributed by atoms with Gasteiger partial charge in [0.05, 0.1) is 23.0 Å². The predicted octanol–water partition coefficient (Wildman–Crippen LogP) is 3.18. The Morgan fingerprint density at radius 3 is 2.43 bits per heavy atom. The molecule has 8 heteroatoms. The molecular weight excluding hydrogens is 374 g/mol. The lowest BCUT2D eigenvalue weighted by Gasteiger charge is -2.07. The van der Waals surface area contributed by atoms with Gasteiger partial charge in [-0.25, -0.2) is 10.4 Å². The molecular formula is C20H17N5O2S. The first-order valence-electron chi connectivity index (χ1n) is 8.33. The van der Waals surface area contributed by atoms with Crippen molar-refractivity contribution in [3.05, 3.63) is 65.2 Å². The number of nitriles is 1. The number of amides is 1. The first-order chi connectivity index (χ1) is 13.5. The first kappa shape index (κ1) is 19.1. The van der Waals surface area contributed by atoms with E-state index in [9.17, 15) is 4.79 Å². The smallest absolute Gasteiger partial charge is 0.277 e. The number of nitrogens with one attached hydrogen (secondary N) is 1. The minimum absolute atomic E-state index is 0.161. The lowest BCUT2D eigenvalue weighted by Crippen LogP contribution is -2.25. The molecule has 1 amide bonds. The van der Waals surface area contributed by atoms with Crippen LogP contribution in [0, 0.1) is 11.3 Å². The monoisotopic (exact) mass is 391 g/mol. The van der Waals surface area contributed by atoms with Gasteiger partial charge in [0, 0.05) is 5.38 Å². The fourth-order valence-corrected chi connectivity index (χ4v) is 2.93. The minimum Gasteiger partial charge on any atom is -0.484 e. The zero-order valence-electron chi connectivity index (χ0n) is 15.0. The zero-order chi connectivity index (χ0) is 19.9. The molecule has 3 aromatic rings. The largest absolute Gasteiger partial charge is 0.484 e. The van der Waals surface area contributed by atoms with Crippen molar-refractivity contribution in [3.63, 3.8) is 0 Å². The van der Waals surface area contributed by atoms with Crippen LogP contribution in [-0.2, 0) is 4.79 Å². The molecule has 0 spiro atoms. The summed E-state index contributed by atoms with van der Waals surface area (Å²) in [5, 5.41) is 15.1. The van der Waals surface area contributed by atoms with E-state index in [1.165, 1.54) is 11.3 Å². The number of benzene rings is 2. The van der Waals surface area contributed by atoms with E-state index in [0.29, 0.717) is 27.9 Å². The summed E-state index contributed by atoms with van der Waals surface area (Å²) in [5.41, 5.74) is 11.8. The van der Waals surface area contributed by atoms with Crippen LogP contribution in [0.25, 0.3) is 11.1 Å². The molecule has 1 heterocycles. The Morgan fingerprint density at radius 1 is 1.21 bits per heavy atom. The molecule has 0 saturated heterocycles. The number of carbonyl (C=O) groups is 1. The number of aromatic nitrogens is 1. The molecule has 7 nitrogen and oxygen atoms in total. The van der Waals surface area contributed by atoms with Crippen LogP contribution in [-0.4, -0.2) is 23.2 Å². The fraction of sp³-hybridized carbons (Fsp3) is 0.100. The van der Waals surface area contributed by atoms with Crippen LogP contribution >= 0.6 is 11.3 Å². The van der Waals surface area contributed by atoms with Crippen LogP contribution in [0.5, 0.6) is 5.75 Å². The number of nitrogens with zero attached hydrogens (tertiary/aromatic N) is 3. The molecule has 28 heavy (non-hydrogen) atoms. The highest BCUT2D eigenvalue weighted by atomic mass is 32.1. The number of nitrogen functional groups attached to an aromatic ring is 1. The van der Waals surface area contributed by atoms with Gasteiger partial charge in [-0.3, -0.25) is 4.79 Å². The number of hydrazone groups is 1. The Hall–Kier alpha value is -3.70. The van der Waals surface area contributed by atoms with E-state index >= 15 is 0 Å². The van der Waals surface area contributed by atoms with E-state index in [-0.39, 0.29) is 12.5 Å². The van der Waals surface area contributed by atoms with Crippen molar-refractivity contribution in [1.82, 2.24) is 10.4 Å². The van der Waals surface area contributed by atoms with Crippen LogP contribution in [0.3, 0.4) is 0 Å². The highest BCUT2D eigenvalue weighted by Gasteiger charge is 2.06. The molecule has 1 aromatic heterocycles. The summed E-state index contributed by atoms with van der Waals surface area (Å²) in [6.45, 7) is 1.57. The Kier molecular flexibility index (Phi) is 5.99. The van der Waals surface area contributed by atoms with Crippen molar-refractivity contribution in [2.75, 3.05) is 12.3 Å². The van der Waals surface area contributed by atoms with Gasteiger partial charge in [-0.15, -0.1) is 11.3 Å². The van der Waals surface area contributed by atoms with Crippen LogP contribution in [0.2, 0.25) is 0 Å². The molecule has 140 valence electrons. The lowest BCUT2D eigenvalue weighted by molar-refractivity contribution is -0.123. The average Bonchev–Trinajstić information content (AvgIpc) is 3.17. The van der Waals surface area contributed by atoms with E-state index in [1.54, 1.807) is 36.6 Å². The van der Waals surface area contributed by atoms with Gasteiger partial charge in [0.25, 0.3) is 5.91 Å². The summed E-state index contributed by atoms with van der Waals surface area (Å²) in [5.74, 6) is 0.194. The third kappa shape index (κ3) is 4.93. The Balaban J connectivity index is 1.53. The van der Waals surface area contributed by atoms with Gasteiger partial charge in [0.1, 0.15) is 5.75 Å². The topological polar surface area (TPSA) is 113 Å². The minimum atomic E-state index is -0.376. The molecule has 0 atom stereocenters. The Bertz CT molecular complexity index is 1030. The second-order valence-corrected chi connectivity index (χ2v) is 6.70. The molecule has 0 fully saturated rings. The second-order valence-electron chi connectivity index (χ2n) is 5.81. The Morgan fingerprint density at radius 2 is 1.86 bits per heavy atom.